The molecule has 178 valence electrons. The minimum absolute atomic E-state index is 0.0901. The second-order valence-corrected chi connectivity index (χ2v) is 10.3. The van der Waals surface area contributed by atoms with Crippen molar-refractivity contribution in [2.45, 2.75) is 57.8 Å². The van der Waals surface area contributed by atoms with Gasteiger partial charge < -0.3 is 25.2 Å². The van der Waals surface area contributed by atoms with Crippen LogP contribution in [0.25, 0.3) is 11.3 Å². The molecule has 0 saturated heterocycles. The van der Waals surface area contributed by atoms with E-state index < -0.39 is 40.3 Å². The van der Waals surface area contributed by atoms with Crippen LogP contribution in [0.4, 0.5) is 10.3 Å². The van der Waals surface area contributed by atoms with Gasteiger partial charge in [-0.25, -0.2) is 17.8 Å². The van der Waals surface area contributed by atoms with Gasteiger partial charge in [-0.2, -0.15) is 0 Å². The summed E-state index contributed by atoms with van der Waals surface area (Å²) in [7, 11) is -3.32. The van der Waals surface area contributed by atoms with Gasteiger partial charge in [-0.15, -0.1) is 0 Å². The Kier molecular flexibility index (Phi) is 8.76. The number of carbonyl (C=O) groups is 1. The molecule has 1 heterocycles. The van der Waals surface area contributed by atoms with E-state index in [4.69, 9.17) is 5.11 Å². The van der Waals surface area contributed by atoms with E-state index in [1.165, 1.54) is 12.1 Å². The maximum atomic E-state index is 13.4. The first kappa shape index (κ1) is 25.8. The first-order valence-corrected chi connectivity index (χ1v) is 12.3. The number of anilines is 1. The third kappa shape index (κ3) is 7.57. The molecule has 0 aliphatic heterocycles. The van der Waals surface area contributed by atoms with Gasteiger partial charge in [0, 0.05) is 23.6 Å². The molecule has 9 nitrogen and oxygen atoms in total. The number of benzene rings is 1. The number of aliphatic hydroxyl groups excluding tert-OH is 2. The lowest BCUT2D eigenvalue weighted by Crippen LogP contribution is -2.22. The predicted octanol–water partition coefficient (Wildman–Crippen LogP) is 2.20. The molecule has 0 radical (unpaired) electrons. The highest BCUT2D eigenvalue weighted by Crippen LogP contribution is 2.31. The fourth-order valence-electron chi connectivity index (χ4n) is 3.44. The zero-order valence-electron chi connectivity index (χ0n) is 18.3. The molecule has 0 fully saturated rings. The molecule has 1 aromatic heterocycles. The van der Waals surface area contributed by atoms with Gasteiger partial charge in [-0.05, 0) is 57.4 Å². The van der Waals surface area contributed by atoms with Crippen molar-refractivity contribution in [1.82, 2.24) is 9.55 Å². The molecule has 0 unspecified atom stereocenters. The molecule has 0 amide bonds. The third-order valence-electron chi connectivity index (χ3n) is 4.81. The van der Waals surface area contributed by atoms with Crippen LogP contribution >= 0.6 is 0 Å². The maximum Gasteiger partial charge on any atom is 0.305 e. The molecular formula is C21H30FN3O6S. The molecule has 11 heteroatoms. The molecule has 1 aromatic carbocycles. The van der Waals surface area contributed by atoms with Crippen LogP contribution in [0.3, 0.4) is 0 Å². The number of aliphatic hydroxyl groups is 2. The van der Waals surface area contributed by atoms with Gasteiger partial charge in [-0.1, -0.05) is 0 Å². The van der Waals surface area contributed by atoms with Crippen LogP contribution in [-0.4, -0.2) is 63.6 Å². The number of aliphatic carboxylic acids is 1. The van der Waals surface area contributed by atoms with Crippen LogP contribution < -0.4 is 5.32 Å². The Morgan fingerprint density at radius 2 is 1.81 bits per heavy atom. The van der Waals surface area contributed by atoms with Crippen molar-refractivity contribution in [3.8, 4) is 11.3 Å². The summed E-state index contributed by atoms with van der Waals surface area (Å²) >= 11 is 0. The van der Waals surface area contributed by atoms with E-state index in [0.29, 0.717) is 29.3 Å². The van der Waals surface area contributed by atoms with Crippen LogP contribution in [0.5, 0.6) is 0 Å². The van der Waals surface area contributed by atoms with Crippen molar-refractivity contribution < 1.29 is 32.9 Å². The van der Waals surface area contributed by atoms with E-state index in [2.05, 4.69) is 10.3 Å². The molecule has 2 rings (SSSR count). The SMILES string of the molecule is CC(C)n1c(NCS(C)(=O)=O)nc(-c2ccc(F)cc2)c1CC[C@@H](O)C[C@@H](O)CC(=O)O. The molecule has 2 atom stereocenters. The van der Waals surface area contributed by atoms with Crippen molar-refractivity contribution in [1.29, 1.82) is 0 Å². The number of rotatable bonds is 12. The fourth-order valence-corrected chi connectivity index (χ4v) is 3.83. The summed E-state index contributed by atoms with van der Waals surface area (Å²) in [6, 6.07) is 5.63. The molecular weight excluding hydrogens is 441 g/mol. The monoisotopic (exact) mass is 471 g/mol. The zero-order chi connectivity index (χ0) is 24.1. The van der Waals surface area contributed by atoms with Crippen LogP contribution in [0.2, 0.25) is 0 Å². The average Bonchev–Trinajstić information content (AvgIpc) is 3.03. The molecule has 0 saturated carbocycles. The van der Waals surface area contributed by atoms with Gasteiger partial charge in [-0.3, -0.25) is 4.79 Å². The first-order valence-electron chi connectivity index (χ1n) is 10.2. The van der Waals surface area contributed by atoms with Crippen molar-refractivity contribution >= 4 is 21.8 Å². The Balaban J connectivity index is 2.37. The molecule has 0 bridgehead atoms. The van der Waals surface area contributed by atoms with E-state index in [0.717, 1.165) is 6.26 Å². The summed E-state index contributed by atoms with van der Waals surface area (Å²) in [5, 5.41) is 31.7. The molecule has 0 aliphatic carbocycles. The van der Waals surface area contributed by atoms with E-state index in [-0.39, 0.29) is 24.8 Å². The maximum absolute atomic E-state index is 13.4. The third-order valence-corrected chi connectivity index (χ3v) is 5.47. The van der Waals surface area contributed by atoms with E-state index >= 15 is 0 Å². The number of carboxylic acids is 1. The lowest BCUT2D eigenvalue weighted by Gasteiger charge is -2.19. The van der Waals surface area contributed by atoms with Gasteiger partial charge in [0.25, 0.3) is 0 Å². The first-order chi connectivity index (χ1) is 14.9. The molecule has 0 spiro atoms. The number of hydrogen-bond donors (Lipinski definition) is 4. The zero-order valence-corrected chi connectivity index (χ0v) is 19.1. The van der Waals surface area contributed by atoms with E-state index in [9.17, 15) is 27.8 Å². The number of aromatic nitrogens is 2. The Bertz CT molecular complexity index is 1020. The lowest BCUT2D eigenvalue weighted by molar-refractivity contribution is -0.139. The fraction of sp³-hybridized carbons (Fsp3) is 0.524. The summed E-state index contributed by atoms with van der Waals surface area (Å²) in [5.74, 6) is -1.54. The number of sulfone groups is 1. The van der Waals surface area contributed by atoms with Crippen LogP contribution in [0, 0.1) is 5.82 Å². The summed E-state index contributed by atoms with van der Waals surface area (Å²) in [6.07, 6.45) is -1.03. The number of carboxylic acid groups (broad SMARTS) is 1. The minimum Gasteiger partial charge on any atom is -0.481 e. The van der Waals surface area contributed by atoms with Gasteiger partial charge in [0.1, 0.15) is 11.7 Å². The highest BCUT2D eigenvalue weighted by atomic mass is 32.2. The Hall–Kier alpha value is -2.50. The highest BCUT2D eigenvalue weighted by Gasteiger charge is 2.23. The largest absolute Gasteiger partial charge is 0.481 e. The second kappa shape index (κ2) is 10.9. The number of imidazole rings is 1. The normalized spacial score (nSPS) is 13.8. The van der Waals surface area contributed by atoms with Crippen molar-refractivity contribution in [2.24, 2.45) is 0 Å². The van der Waals surface area contributed by atoms with Crippen molar-refractivity contribution in [2.75, 3.05) is 17.4 Å². The molecule has 0 aliphatic rings. The average molecular weight is 472 g/mol. The standard InChI is InChI=1S/C21H30FN3O6S/c1-13(2)25-18(9-8-16(26)10-17(27)11-19(28)29)20(14-4-6-15(22)7-5-14)24-21(25)23-12-32(3,30)31/h4-7,13,16-17,26-27H,8-12H2,1-3H3,(H,23,24)(H,28,29)/t16-,17-/m1/s1. The van der Waals surface area contributed by atoms with Crippen LogP contribution in [0.15, 0.2) is 24.3 Å². The summed E-state index contributed by atoms with van der Waals surface area (Å²) in [6.45, 7) is 3.80. The van der Waals surface area contributed by atoms with E-state index in [1.807, 2.05) is 18.4 Å². The summed E-state index contributed by atoms with van der Waals surface area (Å²) in [4.78, 5) is 15.3. The quantitative estimate of drug-likeness (QED) is 0.369. The van der Waals surface area contributed by atoms with Gasteiger partial charge in [0.2, 0.25) is 5.95 Å². The number of hydrogen-bond acceptors (Lipinski definition) is 7. The summed E-state index contributed by atoms with van der Waals surface area (Å²) < 4.78 is 38.5. The topological polar surface area (TPSA) is 142 Å². The summed E-state index contributed by atoms with van der Waals surface area (Å²) in [5.41, 5.74) is 1.85. The molecule has 32 heavy (non-hydrogen) atoms. The van der Waals surface area contributed by atoms with Crippen molar-refractivity contribution in [3.63, 3.8) is 0 Å². The lowest BCUT2D eigenvalue weighted by atomic mass is 10.0. The van der Waals surface area contributed by atoms with Crippen LogP contribution in [-0.2, 0) is 21.1 Å². The smallest absolute Gasteiger partial charge is 0.305 e. The highest BCUT2D eigenvalue weighted by molar-refractivity contribution is 7.90. The second-order valence-electron chi connectivity index (χ2n) is 8.13. The number of nitrogens with zero attached hydrogens (tertiary/aromatic N) is 2. The number of nitrogens with one attached hydrogen (secondary N) is 1. The Labute approximate surface area is 186 Å². The predicted molar refractivity (Wildman–Crippen MR) is 119 cm³/mol. The Morgan fingerprint density at radius 3 is 2.34 bits per heavy atom. The minimum atomic E-state index is -3.32. The number of halogens is 1. The van der Waals surface area contributed by atoms with E-state index in [1.54, 1.807) is 12.1 Å². The Morgan fingerprint density at radius 1 is 1.19 bits per heavy atom. The van der Waals surface area contributed by atoms with Gasteiger partial charge >= 0.3 is 5.97 Å². The molecule has 4 N–H and O–H groups in total. The molecule has 2 aromatic rings. The van der Waals surface area contributed by atoms with Crippen LogP contribution in [0.1, 0.15) is 44.8 Å². The van der Waals surface area contributed by atoms with Crippen molar-refractivity contribution in [3.05, 3.63) is 35.8 Å². The van der Waals surface area contributed by atoms with Gasteiger partial charge in [0.05, 0.1) is 24.3 Å². The van der Waals surface area contributed by atoms with Gasteiger partial charge in [0.15, 0.2) is 9.84 Å².